The third-order valence-corrected chi connectivity index (χ3v) is 4.08. The van der Waals surface area contributed by atoms with E-state index in [-0.39, 0.29) is 0 Å². The number of nitrogens with one attached hydrogen (secondary N) is 1. The zero-order chi connectivity index (χ0) is 16.3. The predicted octanol–water partition coefficient (Wildman–Crippen LogP) is 3.60. The van der Waals surface area contributed by atoms with Crippen molar-refractivity contribution >= 4 is 40.6 Å². The molecule has 2 rings (SSSR count). The summed E-state index contributed by atoms with van der Waals surface area (Å²) in [5.74, 6) is -0.610. The Hall–Kier alpha value is -1.92. The summed E-state index contributed by atoms with van der Waals surface area (Å²) in [7, 11) is 0. The molecule has 2 aromatic heterocycles. The van der Waals surface area contributed by atoms with Crippen molar-refractivity contribution in [3.05, 3.63) is 44.7 Å². The van der Waals surface area contributed by atoms with Crippen molar-refractivity contribution in [2.75, 3.05) is 5.32 Å². The Morgan fingerprint density at radius 3 is 2.64 bits per heavy atom. The molecule has 1 N–H and O–H groups in total. The number of carbonyl (C=O) groups excluding carboxylic acids is 2. The monoisotopic (exact) mass is 338 g/mol. The number of esters is 1. The molecule has 0 aliphatic rings. The number of hydrogen-bond acceptors (Lipinski definition) is 5. The lowest BCUT2D eigenvalue weighted by molar-refractivity contribution is -0.123. The molecule has 1 amide bonds. The highest BCUT2D eigenvalue weighted by molar-refractivity contribution is 7.12. The lowest BCUT2D eigenvalue weighted by atomic mass is 10.2. The van der Waals surface area contributed by atoms with Crippen LogP contribution < -0.4 is 5.32 Å². The molecule has 5 nitrogen and oxygen atoms in total. The van der Waals surface area contributed by atoms with E-state index in [1.54, 1.807) is 18.2 Å². The summed E-state index contributed by atoms with van der Waals surface area (Å²) in [6.07, 6.45) is 0.496. The first-order valence-electron chi connectivity index (χ1n) is 6.57. The summed E-state index contributed by atoms with van der Waals surface area (Å²) in [6.45, 7) is 5.27. The van der Waals surface area contributed by atoms with Crippen molar-refractivity contribution in [1.82, 2.24) is 4.98 Å². The molecule has 0 unspecified atom stereocenters. The Kier molecular flexibility index (Phi) is 5.15. The second-order valence-electron chi connectivity index (χ2n) is 4.73. The van der Waals surface area contributed by atoms with Gasteiger partial charge >= 0.3 is 5.97 Å². The van der Waals surface area contributed by atoms with Crippen LogP contribution in [-0.2, 0) is 9.53 Å². The van der Waals surface area contributed by atoms with Gasteiger partial charge in [-0.1, -0.05) is 11.6 Å². The second kappa shape index (κ2) is 6.89. The van der Waals surface area contributed by atoms with E-state index in [0.717, 1.165) is 9.75 Å². The summed E-state index contributed by atoms with van der Waals surface area (Å²) in [5.41, 5.74) is 0.492. The Labute approximate surface area is 137 Å². The lowest BCUT2D eigenvalue weighted by Crippen LogP contribution is -2.30. The van der Waals surface area contributed by atoms with Gasteiger partial charge < -0.3 is 10.1 Å². The van der Waals surface area contributed by atoms with Crippen LogP contribution in [0.2, 0.25) is 5.02 Å². The van der Waals surface area contributed by atoms with Crippen molar-refractivity contribution in [3.63, 3.8) is 0 Å². The van der Waals surface area contributed by atoms with E-state index in [2.05, 4.69) is 10.3 Å². The first-order chi connectivity index (χ1) is 10.4. The summed E-state index contributed by atoms with van der Waals surface area (Å²) in [4.78, 5) is 29.9. The van der Waals surface area contributed by atoms with Crippen LogP contribution in [-0.4, -0.2) is 23.0 Å². The van der Waals surface area contributed by atoms with Crippen LogP contribution >= 0.6 is 22.9 Å². The number of pyridine rings is 1. The topological polar surface area (TPSA) is 68.3 Å². The van der Waals surface area contributed by atoms with Crippen molar-refractivity contribution in [1.29, 1.82) is 0 Å². The Morgan fingerprint density at radius 1 is 1.36 bits per heavy atom. The molecule has 1 atom stereocenters. The molecule has 2 aromatic rings. The van der Waals surface area contributed by atoms with Gasteiger partial charge in [-0.25, -0.2) is 9.78 Å². The van der Waals surface area contributed by atoms with Crippen molar-refractivity contribution in [3.8, 4) is 0 Å². The van der Waals surface area contributed by atoms with Gasteiger partial charge in [0.05, 0.1) is 10.6 Å². The van der Waals surface area contributed by atoms with Gasteiger partial charge in [-0.15, -0.1) is 11.3 Å². The summed E-state index contributed by atoms with van der Waals surface area (Å²) in [5, 5.41) is 3.04. The third kappa shape index (κ3) is 4.05. The Morgan fingerprint density at radius 2 is 2.09 bits per heavy atom. The van der Waals surface area contributed by atoms with E-state index in [1.165, 1.54) is 24.5 Å². The van der Waals surface area contributed by atoms with Crippen molar-refractivity contribution in [2.24, 2.45) is 0 Å². The third-order valence-electron chi connectivity index (χ3n) is 2.89. The van der Waals surface area contributed by atoms with Crippen LogP contribution in [0.25, 0.3) is 0 Å². The molecule has 116 valence electrons. The van der Waals surface area contributed by atoms with E-state index in [1.807, 2.05) is 13.8 Å². The lowest BCUT2D eigenvalue weighted by Gasteiger charge is -2.13. The average molecular weight is 339 g/mol. The molecule has 0 saturated heterocycles. The maximum Gasteiger partial charge on any atom is 0.340 e. The van der Waals surface area contributed by atoms with E-state index in [9.17, 15) is 9.59 Å². The molecule has 0 fully saturated rings. The number of hydrogen-bond donors (Lipinski definition) is 1. The smallest absolute Gasteiger partial charge is 0.340 e. The van der Waals surface area contributed by atoms with E-state index in [4.69, 9.17) is 16.3 Å². The Bertz CT molecular complexity index is 697. The largest absolute Gasteiger partial charge is 0.449 e. The highest BCUT2D eigenvalue weighted by atomic mass is 35.5. The van der Waals surface area contributed by atoms with Gasteiger partial charge in [0, 0.05) is 16.0 Å². The summed E-state index contributed by atoms with van der Waals surface area (Å²) < 4.78 is 5.19. The first-order valence-corrected chi connectivity index (χ1v) is 7.76. The van der Waals surface area contributed by atoms with Crippen molar-refractivity contribution in [2.45, 2.75) is 26.9 Å². The zero-order valence-corrected chi connectivity index (χ0v) is 13.9. The quantitative estimate of drug-likeness (QED) is 0.865. The number of carbonyl (C=O) groups is 2. The number of rotatable bonds is 4. The molecule has 0 aromatic carbocycles. The van der Waals surface area contributed by atoms with Crippen LogP contribution in [0.3, 0.4) is 0 Å². The van der Waals surface area contributed by atoms with Crippen LogP contribution in [0.1, 0.15) is 27.0 Å². The fourth-order valence-electron chi connectivity index (χ4n) is 1.79. The Balaban J connectivity index is 1.97. The van der Waals surface area contributed by atoms with Gasteiger partial charge in [0.25, 0.3) is 5.91 Å². The summed E-state index contributed by atoms with van der Waals surface area (Å²) >= 11 is 7.23. The molecule has 22 heavy (non-hydrogen) atoms. The number of amides is 1. The molecule has 0 aliphatic carbocycles. The number of thiophene rings is 1. The minimum Gasteiger partial charge on any atom is -0.449 e. The van der Waals surface area contributed by atoms with E-state index >= 15 is 0 Å². The number of anilines is 1. The number of nitrogens with zero attached hydrogens (tertiary/aromatic N) is 1. The fraction of sp³-hybridized carbons (Fsp3) is 0.267. The molecule has 0 spiro atoms. The minimum absolute atomic E-state index is 0.347. The van der Waals surface area contributed by atoms with Crippen LogP contribution in [0, 0.1) is 13.8 Å². The molecular formula is C15H15ClN2O3S. The molecule has 0 saturated carbocycles. The standard InChI is InChI=1S/C15H15ClN2O3S/c1-8-6-12(10(3)22-8)15(20)21-9(2)14(19)18-13-5-4-11(16)7-17-13/h4-7,9H,1-3H3,(H,17,18,19)/t9-/m0/s1. The zero-order valence-electron chi connectivity index (χ0n) is 12.3. The van der Waals surface area contributed by atoms with Crippen LogP contribution in [0.15, 0.2) is 24.4 Å². The van der Waals surface area contributed by atoms with Crippen LogP contribution in [0.4, 0.5) is 5.82 Å². The average Bonchev–Trinajstić information content (AvgIpc) is 2.80. The van der Waals surface area contributed by atoms with Gasteiger partial charge in [-0.05, 0) is 39.0 Å². The molecule has 0 bridgehead atoms. The van der Waals surface area contributed by atoms with E-state index in [0.29, 0.717) is 16.4 Å². The highest BCUT2D eigenvalue weighted by Gasteiger charge is 2.21. The number of aromatic nitrogens is 1. The van der Waals surface area contributed by atoms with Gasteiger partial charge in [0.1, 0.15) is 5.82 Å². The number of ether oxygens (including phenoxy) is 1. The van der Waals surface area contributed by atoms with Gasteiger partial charge in [0.15, 0.2) is 6.10 Å². The minimum atomic E-state index is -0.926. The fourth-order valence-corrected chi connectivity index (χ4v) is 2.81. The van der Waals surface area contributed by atoms with Crippen molar-refractivity contribution < 1.29 is 14.3 Å². The van der Waals surface area contributed by atoms with Gasteiger partial charge in [-0.3, -0.25) is 4.79 Å². The van der Waals surface area contributed by atoms with E-state index < -0.39 is 18.0 Å². The SMILES string of the molecule is Cc1cc(C(=O)O[C@@H](C)C(=O)Nc2ccc(Cl)cn2)c(C)s1. The van der Waals surface area contributed by atoms with Gasteiger partial charge in [-0.2, -0.15) is 0 Å². The second-order valence-corrected chi connectivity index (χ2v) is 6.62. The van der Waals surface area contributed by atoms with Crippen LogP contribution in [0.5, 0.6) is 0 Å². The molecular weight excluding hydrogens is 324 g/mol. The predicted molar refractivity (Wildman–Crippen MR) is 86.5 cm³/mol. The maximum absolute atomic E-state index is 12.1. The number of halogens is 1. The summed E-state index contributed by atoms with van der Waals surface area (Å²) in [6, 6.07) is 4.94. The van der Waals surface area contributed by atoms with Gasteiger partial charge in [0.2, 0.25) is 0 Å². The molecule has 2 heterocycles. The highest BCUT2D eigenvalue weighted by Crippen LogP contribution is 2.21. The normalized spacial score (nSPS) is 11.8. The molecule has 7 heteroatoms. The molecule has 0 radical (unpaired) electrons. The maximum atomic E-state index is 12.1. The number of aryl methyl sites for hydroxylation is 2. The molecule has 0 aliphatic heterocycles. The first kappa shape index (κ1) is 16.5.